The molecule has 0 aliphatic carbocycles. The number of ketones is 1. The molecular weight excluding hydrogens is 370 g/mol. The summed E-state index contributed by atoms with van der Waals surface area (Å²) in [5.74, 6) is -1.14. The molecule has 1 aliphatic heterocycles. The second-order valence-electron chi connectivity index (χ2n) is 6.23. The molecule has 1 saturated heterocycles. The summed E-state index contributed by atoms with van der Waals surface area (Å²) in [5.41, 5.74) is 1.71. The van der Waals surface area contributed by atoms with Crippen molar-refractivity contribution in [2.24, 2.45) is 5.92 Å². The number of hydrogen-bond acceptors (Lipinski definition) is 6. The third kappa shape index (κ3) is 5.44. The number of Topliss-reactive ketones (excluding diaryl/α,β-unsaturated/α-hetero) is 1. The zero-order valence-electron chi connectivity index (χ0n) is 14.6. The Morgan fingerprint density at radius 2 is 1.96 bits per heavy atom. The predicted molar refractivity (Wildman–Crippen MR) is 108 cm³/mol. The van der Waals surface area contributed by atoms with Gasteiger partial charge in [0.1, 0.15) is 5.75 Å². The maximum absolute atomic E-state index is 12.7. The van der Waals surface area contributed by atoms with Crippen LogP contribution in [0.2, 0.25) is 0 Å². The van der Waals surface area contributed by atoms with Crippen LogP contribution in [0.25, 0.3) is 5.57 Å². The third-order valence-corrected chi connectivity index (χ3v) is 5.38. The van der Waals surface area contributed by atoms with Crippen molar-refractivity contribution in [2.75, 3.05) is 14.1 Å². The monoisotopic (exact) mass is 391 g/mol. The highest BCUT2D eigenvalue weighted by molar-refractivity contribution is 8.27. The van der Waals surface area contributed by atoms with Crippen LogP contribution in [0.1, 0.15) is 24.8 Å². The molecule has 0 aromatic heterocycles. The first-order valence-corrected chi connectivity index (χ1v) is 9.37. The fourth-order valence-corrected chi connectivity index (χ4v) is 4.09. The Balaban J connectivity index is 2.24. The number of thioether (sulfide) groups is 1. The minimum atomic E-state index is -0.867. The number of benzene rings is 1. The fourth-order valence-electron chi connectivity index (χ4n) is 2.58. The number of rotatable bonds is 7. The molecule has 138 valence electrons. The molecule has 1 atom stereocenters. The van der Waals surface area contributed by atoms with Crippen molar-refractivity contribution in [1.82, 2.24) is 4.90 Å². The molecule has 1 aliphatic rings. The number of phenolic OH excluding ortho intramolecular Hbond substituents is 1. The largest absolute Gasteiger partial charge is 0.508 e. The number of carbonyl (C=O) groups is 2. The highest BCUT2D eigenvalue weighted by Gasteiger charge is 2.34. The number of allylic oxidation sites excluding steroid dienone is 3. The van der Waals surface area contributed by atoms with Crippen LogP contribution in [-0.4, -0.2) is 45.2 Å². The molecule has 1 fully saturated rings. The molecule has 2 rings (SSSR count). The highest BCUT2D eigenvalue weighted by atomic mass is 32.2. The molecule has 0 radical (unpaired) electrons. The average molecular weight is 392 g/mol. The molecule has 0 saturated carbocycles. The summed E-state index contributed by atoms with van der Waals surface area (Å²) in [5, 5.41) is 18.2. The molecule has 5 nitrogen and oxygen atoms in total. The topological polar surface area (TPSA) is 77.8 Å². The van der Waals surface area contributed by atoms with Crippen LogP contribution in [0.15, 0.2) is 41.4 Å². The molecule has 1 aromatic carbocycles. The Morgan fingerprint density at radius 1 is 1.31 bits per heavy atom. The van der Waals surface area contributed by atoms with Crippen molar-refractivity contribution < 1.29 is 19.8 Å². The fraction of sp³-hybridized carbons (Fsp3) is 0.316. The second-order valence-corrected chi connectivity index (χ2v) is 8.01. The van der Waals surface area contributed by atoms with E-state index < -0.39 is 11.9 Å². The van der Waals surface area contributed by atoms with Crippen molar-refractivity contribution in [1.29, 1.82) is 0 Å². The molecule has 0 bridgehead atoms. The van der Waals surface area contributed by atoms with Gasteiger partial charge in [0.15, 0.2) is 5.78 Å². The van der Waals surface area contributed by atoms with Crippen LogP contribution in [0.4, 0.5) is 0 Å². The van der Waals surface area contributed by atoms with Crippen molar-refractivity contribution in [3.63, 3.8) is 0 Å². The molecule has 0 amide bonds. The van der Waals surface area contributed by atoms with Crippen LogP contribution < -0.4 is 0 Å². The van der Waals surface area contributed by atoms with E-state index in [0.717, 1.165) is 11.1 Å². The summed E-state index contributed by atoms with van der Waals surface area (Å²) >= 11 is 6.62. The number of carboxylic acid groups (broad SMARTS) is 1. The van der Waals surface area contributed by atoms with E-state index >= 15 is 0 Å². The van der Waals surface area contributed by atoms with Crippen molar-refractivity contribution in [2.45, 2.75) is 19.3 Å². The normalized spacial score (nSPS) is 19.2. The number of carbonyl (C=O) groups excluding carboxylic acids is 1. The predicted octanol–water partition coefficient (Wildman–Crippen LogP) is 3.69. The summed E-state index contributed by atoms with van der Waals surface area (Å²) in [4.78, 5) is 25.8. The maximum Gasteiger partial charge on any atom is 0.303 e. The molecule has 26 heavy (non-hydrogen) atoms. The average Bonchev–Trinajstić information content (AvgIpc) is 2.81. The van der Waals surface area contributed by atoms with Gasteiger partial charge in [0.2, 0.25) is 0 Å². The first-order valence-electron chi connectivity index (χ1n) is 8.15. The third-order valence-electron chi connectivity index (χ3n) is 3.82. The van der Waals surface area contributed by atoms with Crippen LogP contribution in [0.3, 0.4) is 0 Å². The van der Waals surface area contributed by atoms with Gasteiger partial charge in [-0.2, -0.15) is 0 Å². The molecule has 2 N–H and O–H groups in total. The lowest BCUT2D eigenvalue weighted by Gasteiger charge is -2.10. The van der Waals surface area contributed by atoms with E-state index in [1.807, 2.05) is 31.3 Å². The van der Waals surface area contributed by atoms with Gasteiger partial charge in [-0.3, -0.25) is 9.59 Å². The summed E-state index contributed by atoms with van der Waals surface area (Å²) in [6.45, 7) is 0. The summed E-state index contributed by atoms with van der Waals surface area (Å²) in [6, 6.07) is 6.77. The van der Waals surface area contributed by atoms with Gasteiger partial charge in [-0.1, -0.05) is 36.1 Å². The molecule has 1 unspecified atom stereocenters. The molecular formula is C19H21NO4S2. The lowest BCUT2D eigenvalue weighted by molar-refractivity contribution is -0.137. The zero-order valence-corrected chi connectivity index (χ0v) is 16.3. The SMILES string of the molecule is CN(C)/C=C(/C=C1\SC(=S)C(CCCC(=O)O)C1=O)c1ccc(O)cc1. The van der Waals surface area contributed by atoms with Gasteiger partial charge < -0.3 is 15.1 Å². The van der Waals surface area contributed by atoms with Gasteiger partial charge >= 0.3 is 5.97 Å². The highest BCUT2D eigenvalue weighted by Crippen LogP contribution is 2.39. The summed E-state index contributed by atoms with van der Waals surface area (Å²) in [7, 11) is 3.78. The van der Waals surface area contributed by atoms with Gasteiger partial charge in [0.25, 0.3) is 0 Å². The van der Waals surface area contributed by atoms with E-state index in [9.17, 15) is 14.7 Å². The first kappa shape index (κ1) is 20.2. The smallest absolute Gasteiger partial charge is 0.303 e. The van der Waals surface area contributed by atoms with Gasteiger partial charge in [0.05, 0.1) is 15.0 Å². The van der Waals surface area contributed by atoms with Crippen molar-refractivity contribution in [3.05, 3.63) is 47.0 Å². The lowest BCUT2D eigenvalue weighted by atomic mass is 9.97. The van der Waals surface area contributed by atoms with E-state index in [2.05, 4.69) is 0 Å². The van der Waals surface area contributed by atoms with E-state index in [0.29, 0.717) is 21.9 Å². The summed E-state index contributed by atoms with van der Waals surface area (Å²) in [6.07, 6.45) is 4.63. The standard InChI is InChI=1S/C19H21NO4S2/c1-20(2)11-13(12-6-8-14(21)9-7-12)10-16-18(24)15(19(25)26-16)4-3-5-17(22)23/h6-11,15,21H,3-5H2,1-2H3,(H,22,23)/b13-11-,16-10-. The van der Waals surface area contributed by atoms with Gasteiger partial charge in [-0.05, 0) is 42.2 Å². The van der Waals surface area contributed by atoms with E-state index in [-0.39, 0.29) is 18.0 Å². The minimum absolute atomic E-state index is 0.0371. The second kappa shape index (κ2) is 9.00. The number of aromatic hydroxyl groups is 1. The minimum Gasteiger partial charge on any atom is -0.508 e. The lowest BCUT2D eigenvalue weighted by Crippen LogP contribution is -2.13. The van der Waals surface area contributed by atoms with Crippen LogP contribution >= 0.6 is 24.0 Å². The molecule has 0 spiro atoms. The zero-order chi connectivity index (χ0) is 19.3. The van der Waals surface area contributed by atoms with Crippen LogP contribution in [-0.2, 0) is 9.59 Å². The van der Waals surface area contributed by atoms with Gasteiger partial charge in [-0.25, -0.2) is 0 Å². The number of hydrogen-bond donors (Lipinski definition) is 2. The molecule has 7 heteroatoms. The number of thiocarbonyl (C=S) groups is 1. The van der Waals surface area contributed by atoms with E-state index in [1.54, 1.807) is 24.3 Å². The van der Waals surface area contributed by atoms with Crippen molar-refractivity contribution in [3.8, 4) is 5.75 Å². The number of phenols is 1. The molecule has 1 heterocycles. The molecule has 1 aromatic rings. The quantitative estimate of drug-likeness (QED) is 0.542. The number of carboxylic acids is 1. The first-order chi connectivity index (χ1) is 12.3. The Bertz CT molecular complexity index is 766. The number of nitrogens with zero attached hydrogens (tertiary/aromatic N) is 1. The Kier molecular flexibility index (Phi) is 6.99. The Labute approximate surface area is 162 Å². The van der Waals surface area contributed by atoms with Crippen LogP contribution in [0, 0.1) is 5.92 Å². The Hall–Kier alpha value is -2.12. The maximum atomic E-state index is 12.7. The van der Waals surface area contributed by atoms with E-state index in [4.69, 9.17) is 17.3 Å². The Morgan fingerprint density at radius 3 is 2.54 bits per heavy atom. The van der Waals surface area contributed by atoms with Gasteiger partial charge in [-0.15, -0.1) is 0 Å². The number of aliphatic carboxylic acids is 1. The summed E-state index contributed by atoms with van der Waals surface area (Å²) < 4.78 is 0.599. The van der Waals surface area contributed by atoms with Gasteiger partial charge in [0, 0.05) is 26.7 Å². The van der Waals surface area contributed by atoms with Crippen LogP contribution in [0.5, 0.6) is 5.75 Å². The van der Waals surface area contributed by atoms with E-state index in [1.165, 1.54) is 11.8 Å². The van der Waals surface area contributed by atoms with Crippen molar-refractivity contribution >= 4 is 45.5 Å².